The van der Waals surface area contributed by atoms with Crippen molar-refractivity contribution in [3.8, 4) is 11.4 Å². The summed E-state index contributed by atoms with van der Waals surface area (Å²) in [4.78, 5) is 31.5. The SMILES string of the molecule is C=CC(=O)N1CC[C@@H](n2c(=O)n(-c3ccc(OCc4cccc(C(F)(F)F)c4)cc3)c3cnccc32)C1. The molecule has 0 N–H and O–H groups in total. The number of pyridine rings is 1. The molecule has 7 nitrogen and oxygen atoms in total. The van der Waals surface area contributed by atoms with Gasteiger partial charge >= 0.3 is 11.9 Å². The van der Waals surface area contributed by atoms with Crippen LogP contribution in [0, 0.1) is 0 Å². The summed E-state index contributed by atoms with van der Waals surface area (Å²) >= 11 is 0. The van der Waals surface area contributed by atoms with Crippen LogP contribution in [-0.4, -0.2) is 38.0 Å². The number of alkyl halides is 3. The third-order valence-electron chi connectivity index (χ3n) is 6.45. The average Bonchev–Trinajstić information content (AvgIpc) is 3.49. The van der Waals surface area contributed by atoms with E-state index in [1.165, 1.54) is 12.1 Å². The molecule has 0 unspecified atom stereocenters. The van der Waals surface area contributed by atoms with Crippen LogP contribution in [0.3, 0.4) is 0 Å². The molecule has 0 spiro atoms. The van der Waals surface area contributed by atoms with Crippen molar-refractivity contribution in [1.82, 2.24) is 19.0 Å². The van der Waals surface area contributed by atoms with E-state index >= 15 is 0 Å². The molecule has 1 saturated heterocycles. The third kappa shape index (κ3) is 4.74. The van der Waals surface area contributed by atoms with Crippen molar-refractivity contribution < 1.29 is 22.7 Å². The smallest absolute Gasteiger partial charge is 0.416 e. The zero-order chi connectivity index (χ0) is 26.2. The molecule has 37 heavy (non-hydrogen) atoms. The molecule has 1 aliphatic heterocycles. The Balaban J connectivity index is 1.40. The molecule has 1 fully saturated rings. The highest BCUT2D eigenvalue weighted by molar-refractivity contribution is 5.87. The zero-order valence-corrected chi connectivity index (χ0v) is 19.7. The first-order valence-electron chi connectivity index (χ1n) is 11.6. The lowest BCUT2D eigenvalue weighted by Crippen LogP contribution is -2.31. The van der Waals surface area contributed by atoms with Gasteiger partial charge in [0.1, 0.15) is 12.4 Å². The Bertz CT molecular complexity index is 1520. The lowest BCUT2D eigenvalue weighted by atomic mass is 10.1. The number of ether oxygens (including phenoxy) is 1. The molecular weight excluding hydrogens is 485 g/mol. The van der Waals surface area contributed by atoms with Gasteiger partial charge in [0.25, 0.3) is 0 Å². The summed E-state index contributed by atoms with van der Waals surface area (Å²) in [6, 6.07) is 13.3. The van der Waals surface area contributed by atoms with Crippen molar-refractivity contribution in [2.75, 3.05) is 13.1 Å². The molecule has 10 heteroatoms. The molecule has 3 heterocycles. The van der Waals surface area contributed by atoms with Crippen molar-refractivity contribution in [3.05, 3.63) is 101 Å². The predicted octanol–water partition coefficient (Wildman–Crippen LogP) is 4.74. The molecule has 1 atom stereocenters. The predicted molar refractivity (Wildman–Crippen MR) is 132 cm³/mol. The molecule has 4 aromatic rings. The minimum absolute atomic E-state index is 0.0337. The van der Waals surface area contributed by atoms with E-state index in [0.717, 1.165) is 12.1 Å². The highest BCUT2D eigenvalue weighted by Gasteiger charge is 2.31. The van der Waals surface area contributed by atoms with Crippen LogP contribution in [-0.2, 0) is 17.6 Å². The highest BCUT2D eigenvalue weighted by atomic mass is 19.4. The van der Waals surface area contributed by atoms with Crippen molar-refractivity contribution >= 4 is 16.9 Å². The van der Waals surface area contributed by atoms with Crippen molar-refractivity contribution in [1.29, 1.82) is 0 Å². The number of likely N-dealkylation sites (tertiary alicyclic amines) is 1. The molecule has 0 bridgehead atoms. The first-order valence-corrected chi connectivity index (χ1v) is 11.6. The summed E-state index contributed by atoms with van der Waals surface area (Å²) in [7, 11) is 0. The standard InChI is InChI=1S/C27H23F3N4O3/c1-2-25(35)32-13-11-21(16-32)34-23-10-12-31-15-24(23)33(26(34)36)20-6-8-22(9-7-20)37-17-18-4-3-5-19(14-18)27(28,29)30/h2-10,12,14-15,21H,1,11,13,16-17H2/t21-/m1/s1. The lowest BCUT2D eigenvalue weighted by Gasteiger charge is -2.15. The van der Waals surface area contributed by atoms with Gasteiger partial charge in [-0.25, -0.2) is 4.79 Å². The van der Waals surface area contributed by atoms with Gasteiger partial charge in [0.2, 0.25) is 5.91 Å². The Labute approximate surface area is 210 Å². The number of nitrogens with zero attached hydrogens (tertiary/aromatic N) is 4. The van der Waals surface area contributed by atoms with Crippen LogP contribution < -0.4 is 10.4 Å². The molecule has 190 valence electrons. The fourth-order valence-corrected chi connectivity index (χ4v) is 4.65. The van der Waals surface area contributed by atoms with Gasteiger partial charge in [-0.05, 0) is 60.5 Å². The van der Waals surface area contributed by atoms with E-state index in [1.54, 1.807) is 62.8 Å². The largest absolute Gasteiger partial charge is 0.489 e. The quantitative estimate of drug-likeness (QED) is 0.353. The lowest BCUT2D eigenvalue weighted by molar-refractivity contribution is -0.137. The van der Waals surface area contributed by atoms with Gasteiger partial charge in [-0.2, -0.15) is 13.2 Å². The summed E-state index contributed by atoms with van der Waals surface area (Å²) < 4.78 is 47.8. The molecule has 0 aliphatic carbocycles. The van der Waals surface area contributed by atoms with E-state index in [4.69, 9.17) is 4.74 Å². The molecule has 1 aliphatic rings. The average molecular weight is 509 g/mol. The second kappa shape index (κ2) is 9.61. The second-order valence-electron chi connectivity index (χ2n) is 8.76. The van der Waals surface area contributed by atoms with Crippen LogP contribution in [0.4, 0.5) is 13.2 Å². The summed E-state index contributed by atoms with van der Waals surface area (Å²) in [5.74, 6) is 0.284. The first-order chi connectivity index (χ1) is 17.8. The molecule has 0 radical (unpaired) electrons. The van der Waals surface area contributed by atoms with E-state index in [-0.39, 0.29) is 24.2 Å². The van der Waals surface area contributed by atoms with Crippen LogP contribution in [0.5, 0.6) is 5.75 Å². The number of benzene rings is 2. The van der Waals surface area contributed by atoms with Gasteiger partial charge in [-0.15, -0.1) is 0 Å². The van der Waals surface area contributed by atoms with E-state index < -0.39 is 11.7 Å². The van der Waals surface area contributed by atoms with Gasteiger partial charge in [-0.3, -0.25) is 18.9 Å². The normalized spacial score (nSPS) is 15.8. The molecule has 2 aromatic heterocycles. The molecular formula is C27H23F3N4O3. The Morgan fingerprint density at radius 3 is 2.65 bits per heavy atom. The van der Waals surface area contributed by atoms with Gasteiger partial charge in [0, 0.05) is 19.3 Å². The van der Waals surface area contributed by atoms with Crippen LogP contribution in [0.2, 0.25) is 0 Å². The molecule has 2 aromatic carbocycles. The van der Waals surface area contributed by atoms with Crippen molar-refractivity contribution in [2.45, 2.75) is 25.2 Å². The van der Waals surface area contributed by atoms with Crippen LogP contribution >= 0.6 is 0 Å². The van der Waals surface area contributed by atoms with Gasteiger partial charge in [-0.1, -0.05) is 18.7 Å². The van der Waals surface area contributed by atoms with Gasteiger partial charge < -0.3 is 9.64 Å². The topological polar surface area (TPSA) is 69.4 Å². The summed E-state index contributed by atoms with van der Waals surface area (Å²) in [6.07, 6.45) is 0.733. The number of carbonyl (C=O) groups excluding carboxylic acids is 1. The maximum Gasteiger partial charge on any atom is 0.416 e. The number of rotatable bonds is 6. The van der Waals surface area contributed by atoms with Crippen molar-refractivity contribution in [3.63, 3.8) is 0 Å². The number of fused-ring (bicyclic) bond motifs is 1. The number of imidazole rings is 1. The Morgan fingerprint density at radius 1 is 1.14 bits per heavy atom. The fraction of sp³-hybridized carbons (Fsp3) is 0.222. The summed E-state index contributed by atoms with van der Waals surface area (Å²) in [6.45, 7) is 4.45. The maximum absolute atomic E-state index is 13.6. The highest BCUT2D eigenvalue weighted by Crippen LogP contribution is 2.30. The van der Waals surface area contributed by atoms with Gasteiger partial charge in [0.15, 0.2) is 0 Å². The zero-order valence-electron chi connectivity index (χ0n) is 19.7. The minimum Gasteiger partial charge on any atom is -0.489 e. The van der Waals surface area contributed by atoms with Gasteiger partial charge in [0.05, 0.1) is 34.5 Å². The van der Waals surface area contributed by atoms with E-state index in [0.29, 0.717) is 47.5 Å². The molecule has 0 saturated carbocycles. The number of aromatic nitrogens is 3. The molecule has 1 amide bonds. The fourth-order valence-electron chi connectivity index (χ4n) is 4.65. The van der Waals surface area contributed by atoms with E-state index in [9.17, 15) is 22.8 Å². The Kier molecular flexibility index (Phi) is 6.32. The first kappa shape index (κ1) is 24.4. The van der Waals surface area contributed by atoms with Crippen LogP contribution in [0.15, 0.2) is 84.4 Å². The second-order valence-corrected chi connectivity index (χ2v) is 8.76. The summed E-state index contributed by atoms with van der Waals surface area (Å²) in [5.41, 5.74) is 1.34. The number of hydrogen-bond acceptors (Lipinski definition) is 4. The Morgan fingerprint density at radius 2 is 1.92 bits per heavy atom. The number of hydrogen-bond donors (Lipinski definition) is 0. The summed E-state index contributed by atoms with van der Waals surface area (Å²) in [5, 5.41) is 0. The maximum atomic E-state index is 13.6. The van der Waals surface area contributed by atoms with Crippen molar-refractivity contribution in [2.24, 2.45) is 0 Å². The number of amides is 1. The van der Waals surface area contributed by atoms with Crippen LogP contribution in [0.25, 0.3) is 16.7 Å². The number of halogens is 3. The van der Waals surface area contributed by atoms with Crippen LogP contribution in [0.1, 0.15) is 23.6 Å². The third-order valence-corrected chi connectivity index (χ3v) is 6.45. The molecule has 5 rings (SSSR count). The minimum atomic E-state index is -4.42. The number of carbonyl (C=O) groups is 1. The Hall–Kier alpha value is -4.34. The van der Waals surface area contributed by atoms with E-state index in [2.05, 4.69) is 11.6 Å². The monoisotopic (exact) mass is 508 g/mol. The van der Waals surface area contributed by atoms with E-state index in [1.807, 2.05) is 0 Å².